The molecule has 0 saturated heterocycles. The minimum Gasteiger partial charge on any atom is -0.363 e. The summed E-state index contributed by atoms with van der Waals surface area (Å²) in [6, 6.07) is 0. The lowest BCUT2D eigenvalue weighted by atomic mass is 10.0. The van der Waals surface area contributed by atoms with Gasteiger partial charge in [-0.3, -0.25) is 0 Å². The number of hydrogen-bond donors (Lipinski definition) is 2. The van der Waals surface area contributed by atoms with Crippen molar-refractivity contribution in [3.05, 3.63) is 0 Å². The molecule has 6 heteroatoms. The van der Waals surface area contributed by atoms with E-state index in [0.29, 0.717) is 6.42 Å². The van der Waals surface area contributed by atoms with Crippen LogP contribution >= 0.6 is 0 Å². The zero-order chi connectivity index (χ0) is 21.9. The van der Waals surface area contributed by atoms with Gasteiger partial charge in [0, 0.05) is 23.6 Å². The molecule has 0 radical (unpaired) electrons. The minimum atomic E-state index is -1.57. The highest BCUT2D eigenvalue weighted by molar-refractivity contribution is 6.02. The molecule has 0 aromatic heterocycles. The van der Waals surface area contributed by atoms with Crippen molar-refractivity contribution in [3.8, 4) is 0 Å². The first-order valence-corrected chi connectivity index (χ1v) is 11.4. The second-order valence-corrected chi connectivity index (χ2v) is 7.96. The average Bonchev–Trinajstić information content (AvgIpc) is 2.69. The Morgan fingerprint density at radius 1 is 0.621 bits per heavy atom. The standard InChI is InChI=1S/C23H44N4O2/c1-6-8-10-12-14-16-22(17-15-13-11-9-7-2)27-25-20(4)18-19(3)24-26-21(5)23(28)29/h23,28-29H,6-18H2,1-5H3/b24-19+,25-20+,26-21+. The molecule has 0 saturated carbocycles. The molecule has 29 heavy (non-hydrogen) atoms. The maximum Gasteiger partial charge on any atom is 0.193 e. The molecular weight excluding hydrogens is 364 g/mol. The number of aliphatic hydroxyl groups excluding tert-OH is 1. The molecule has 0 fully saturated rings. The van der Waals surface area contributed by atoms with Crippen LogP contribution in [0.25, 0.3) is 0 Å². The summed E-state index contributed by atoms with van der Waals surface area (Å²) in [5, 5.41) is 34.9. The van der Waals surface area contributed by atoms with E-state index in [-0.39, 0.29) is 5.71 Å². The molecule has 0 aliphatic rings. The summed E-state index contributed by atoms with van der Waals surface area (Å²) in [5.41, 5.74) is 3.04. The molecule has 0 rings (SSSR count). The van der Waals surface area contributed by atoms with E-state index in [1.165, 1.54) is 76.8 Å². The monoisotopic (exact) mass is 408 g/mol. The molecule has 0 spiro atoms. The first-order chi connectivity index (χ1) is 13.9. The van der Waals surface area contributed by atoms with Crippen LogP contribution in [-0.4, -0.2) is 39.3 Å². The van der Waals surface area contributed by atoms with Gasteiger partial charge in [-0.1, -0.05) is 65.2 Å². The van der Waals surface area contributed by atoms with E-state index in [2.05, 4.69) is 34.3 Å². The van der Waals surface area contributed by atoms with E-state index < -0.39 is 6.29 Å². The van der Waals surface area contributed by atoms with E-state index in [0.717, 1.165) is 24.3 Å². The molecule has 0 bridgehead atoms. The first kappa shape index (κ1) is 27.6. The molecule has 0 atom stereocenters. The van der Waals surface area contributed by atoms with E-state index in [4.69, 9.17) is 10.2 Å². The Morgan fingerprint density at radius 2 is 1.07 bits per heavy atom. The van der Waals surface area contributed by atoms with Gasteiger partial charge >= 0.3 is 0 Å². The third-order valence-corrected chi connectivity index (χ3v) is 4.76. The van der Waals surface area contributed by atoms with Gasteiger partial charge < -0.3 is 10.2 Å². The Kier molecular flexibility index (Phi) is 17.7. The van der Waals surface area contributed by atoms with Crippen LogP contribution < -0.4 is 0 Å². The molecule has 6 nitrogen and oxygen atoms in total. The van der Waals surface area contributed by atoms with Crippen molar-refractivity contribution >= 4 is 22.8 Å². The maximum atomic E-state index is 9.01. The molecule has 2 N–H and O–H groups in total. The van der Waals surface area contributed by atoms with Crippen molar-refractivity contribution in [2.24, 2.45) is 20.4 Å². The van der Waals surface area contributed by atoms with Crippen molar-refractivity contribution in [1.82, 2.24) is 0 Å². The van der Waals surface area contributed by atoms with Crippen molar-refractivity contribution in [2.45, 2.75) is 124 Å². The number of hydrogen-bond acceptors (Lipinski definition) is 6. The Hall–Kier alpha value is -1.40. The SMILES string of the molecule is CCCCCCCC(CCCCCCC)=N/N=C(\C)C/C(C)=N/N=C(\C)C(O)O. The van der Waals surface area contributed by atoms with Gasteiger partial charge in [0.25, 0.3) is 0 Å². The van der Waals surface area contributed by atoms with Crippen molar-refractivity contribution in [3.63, 3.8) is 0 Å². The second kappa shape index (κ2) is 18.6. The number of rotatable bonds is 17. The minimum absolute atomic E-state index is 0.172. The van der Waals surface area contributed by atoms with Crippen LogP contribution in [0.5, 0.6) is 0 Å². The van der Waals surface area contributed by atoms with Gasteiger partial charge in [-0.25, -0.2) is 0 Å². The third-order valence-electron chi connectivity index (χ3n) is 4.76. The molecule has 0 aliphatic carbocycles. The Morgan fingerprint density at radius 3 is 1.52 bits per heavy atom. The lowest BCUT2D eigenvalue weighted by Gasteiger charge is -2.06. The van der Waals surface area contributed by atoms with Gasteiger partial charge in [0.05, 0.1) is 5.71 Å². The summed E-state index contributed by atoms with van der Waals surface area (Å²) in [6.07, 6.45) is 13.8. The van der Waals surface area contributed by atoms with Crippen molar-refractivity contribution in [2.75, 3.05) is 0 Å². The topological polar surface area (TPSA) is 89.9 Å². The van der Waals surface area contributed by atoms with Crippen molar-refractivity contribution in [1.29, 1.82) is 0 Å². The van der Waals surface area contributed by atoms with Crippen LogP contribution in [0.15, 0.2) is 20.4 Å². The third kappa shape index (κ3) is 17.2. The average molecular weight is 409 g/mol. The highest BCUT2D eigenvalue weighted by Crippen LogP contribution is 2.12. The summed E-state index contributed by atoms with van der Waals surface area (Å²) in [5.74, 6) is 0. The van der Waals surface area contributed by atoms with Crippen LogP contribution in [0, 0.1) is 0 Å². The summed E-state index contributed by atoms with van der Waals surface area (Å²) >= 11 is 0. The Balaban J connectivity index is 4.75. The summed E-state index contributed by atoms with van der Waals surface area (Å²) in [6.45, 7) is 9.81. The number of nitrogens with zero attached hydrogens (tertiary/aromatic N) is 4. The Labute approximate surface area is 178 Å². The normalized spacial score (nSPS) is 13.3. The predicted molar refractivity (Wildman–Crippen MR) is 126 cm³/mol. The largest absolute Gasteiger partial charge is 0.363 e. The van der Waals surface area contributed by atoms with E-state index in [9.17, 15) is 0 Å². The fourth-order valence-electron chi connectivity index (χ4n) is 2.90. The maximum absolute atomic E-state index is 9.01. The fourth-order valence-corrected chi connectivity index (χ4v) is 2.90. The van der Waals surface area contributed by atoms with Crippen LogP contribution in [0.3, 0.4) is 0 Å². The molecule has 0 heterocycles. The van der Waals surface area contributed by atoms with E-state index >= 15 is 0 Å². The van der Waals surface area contributed by atoms with Crippen LogP contribution in [0.1, 0.15) is 118 Å². The number of aliphatic hydroxyl groups is 2. The predicted octanol–water partition coefficient (Wildman–Crippen LogP) is 6.06. The van der Waals surface area contributed by atoms with Crippen LogP contribution in [0.2, 0.25) is 0 Å². The van der Waals surface area contributed by atoms with Gasteiger partial charge in [-0.05, 0) is 46.5 Å². The molecule has 0 aromatic carbocycles. The molecule has 0 aliphatic heterocycles. The van der Waals surface area contributed by atoms with Gasteiger partial charge in [0.2, 0.25) is 0 Å². The first-order valence-electron chi connectivity index (χ1n) is 11.4. The smallest absolute Gasteiger partial charge is 0.193 e. The lowest BCUT2D eigenvalue weighted by molar-refractivity contribution is 0.0190. The molecule has 168 valence electrons. The quantitative estimate of drug-likeness (QED) is 0.132. The molecular formula is C23H44N4O2. The zero-order valence-corrected chi connectivity index (χ0v) is 19.5. The van der Waals surface area contributed by atoms with Crippen LogP contribution in [0.4, 0.5) is 0 Å². The molecule has 0 aromatic rings. The summed E-state index contributed by atoms with van der Waals surface area (Å²) < 4.78 is 0. The van der Waals surface area contributed by atoms with Gasteiger partial charge in [-0.2, -0.15) is 20.4 Å². The van der Waals surface area contributed by atoms with E-state index in [1.54, 1.807) is 0 Å². The van der Waals surface area contributed by atoms with E-state index in [1.807, 2.05) is 13.8 Å². The second-order valence-electron chi connectivity index (χ2n) is 7.96. The molecule has 0 amide bonds. The van der Waals surface area contributed by atoms with Crippen molar-refractivity contribution < 1.29 is 10.2 Å². The highest BCUT2D eigenvalue weighted by atomic mass is 16.5. The highest BCUT2D eigenvalue weighted by Gasteiger charge is 2.03. The zero-order valence-electron chi connectivity index (χ0n) is 19.5. The Bertz CT molecular complexity index is 521. The summed E-state index contributed by atoms with van der Waals surface area (Å²) in [7, 11) is 0. The number of unbranched alkanes of at least 4 members (excludes halogenated alkanes) is 8. The fraction of sp³-hybridized carbons (Fsp3) is 0.826. The van der Waals surface area contributed by atoms with Gasteiger partial charge in [0.1, 0.15) is 0 Å². The molecule has 0 unspecified atom stereocenters. The van der Waals surface area contributed by atoms with Gasteiger partial charge in [0.15, 0.2) is 6.29 Å². The summed E-state index contributed by atoms with van der Waals surface area (Å²) in [4.78, 5) is 0. The van der Waals surface area contributed by atoms with Gasteiger partial charge in [-0.15, -0.1) is 0 Å². The van der Waals surface area contributed by atoms with Crippen LogP contribution in [-0.2, 0) is 0 Å². The lowest BCUT2D eigenvalue weighted by Crippen LogP contribution is -2.15.